The first kappa shape index (κ1) is 14.8. The van der Waals surface area contributed by atoms with Crippen molar-refractivity contribution in [1.82, 2.24) is 5.32 Å². The SMILES string of the molecule is CCOc1ccc(C(=O)OCCC(=O)NC)cc1N. The second-order valence-corrected chi connectivity index (χ2v) is 3.74. The summed E-state index contributed by atoms with van der Waals surface area (Å²) in [4.78, 5) is 22.6. The lowest BCUT2D eigenvalue weighted by Gasteiger charge is -2.09. The van der Waals surface area contributed by atoms with E-state index < -0.39 is 5.97 Å². The Hall–Kier alpha value is -2.24. The highest BCUT2D eigenvalue weighted by atomic mass is 16.5. The van der Waals surface area contributed by atoms with Gasteiger partial charge in [-0.2, -0.15) is 0 Å². The Kier molecular flexibility index (Phi) is 5.66. The highest BCUT2D eigenvalue weighted by molar-refractivity contribution is 5.91. The van der Waals surface area contributed by atoms with Gasteiger partial charge in [0.05, 0.1) is 24.3 Å². The molecule has 0 fully saturated rings. The van der Waals surface area contributed by atoms with E-state index in [4.69, 9.17) is 15.2 Å². The molecular weight excluding hydrogens is 248 g/mol. The summed E-state index contributed by atoms with van der Waals surface area (Å²) in [5.41, 5.74) is 6.46. The molecule has 0 radical (unpaired) electrons. The number of rotatable bonds is 6. The van der Waals surface area contributed by atoms with Gasteiger partial charge in [0.2, 0.25) is 5.91 Å². The number of anilines is 1. The Bertz CT molecular complexity index is 460. The van der Waals surface area contributed by atoms with Crippen molar-refractivity contribution in [3.8, 4) is 5.75 Å². The molecule has 6 heteroatoms. The molecule has 1 aromatic carbocycles. The number of ether oxygens (including phenoxy) is 2. The van der Waals surface area contributed by atoms with Crippen molar-refractivity contribution in [3.05, 3.63) is 23.8 Å². The van der Waals surface area contributed by atoms with E-state index in [9.17, 15) is 9.59 Å². The smallest absolute Gasteiger partial charge is 0.338 e. The zero-order valence-corrected chi connectivity index (χ0v) is 11.1. The maximum atomic E-state index is 11.7. The summed E-state index contributed by atoms with van der Waals surface area (Å²) in [6.45, 7) is 2.38. The van der Waals surface area contributed by atoms with Gasteiger partial charge in [-0.05, 0) is 25.1 Å². The van der Waals surface area contributed by atoms with Crippen LogP contribution in [0.2, 0.25) is 0 Å². The van der Waals surface area contributed by atoms with Crippen LogP contribution in [0.3, 0.4) is 0 Å². The Morgan fingerprint density at radius 1 is 1.37 bits per heavy atom. The molecule has 1 amide bonds. The van der Waals surface area contributed by atoms with Crippen LogP contribution in [0.5, 0.6) is 5.75 Å². The van der Waals surface area contributed by atoms with Crippen LogP contribution in [-0.2, 0) is 9.53 Å². The molecule has 1 aromatic rings. The molecular formula is C13H18N2O4. The lowest BCUT2D eigenvalue weighted by Crippen LogP contribution is -2.20. The second kappa shape index (κ2) is 7.25. The fraction of sp³-hybridized carbons (Fsp3) is 0.385. The molecule has 0 aliphatic heterocycles. The summed E-state index contributed by atoms with van der Waals surface area (Å²) in [7, 11) is 1.53. The summed E-state index contributed by atoms with van der Waals surface area (Å²) < 4.78 is 10.2. The topological polar surface area (TPSA) is 90.6 Å². The van der Waals surface area contributed by atoms with E-state index in [1.807, 2.05) is 6.92 Å². The van der Waals surface area contributed by atoms with E-state index in [0.29, 0.717) is 23.6 Å². The summed E-state index contributed by atoms with van der Waals surface area (Å²) in [5.74, 6) is -0.165. The number of benzene rings is 1. The number of carbonyl (C=O) groups is 2. The lowest BCUT2D eigenvalue weighted by molar-refractivity contribution is -0.121. The minimum absolute atomic E-state index is 0.0334. The van der Waals surface area contributed by atoms with Crippen LogP contribution in [-0.4, -0.2) is 32.1 Å². The van der Waals surface area contributed by atoms with Crippen molar-refractivity contribution in [2.24, 2.45) is 0 Å². The van der Waals surface area contributed by atoms with Gasteiger partial charge in [-0.15, -0.1) is 0 Å². The largest absolute Gasteiger partial charge is 0.492 e. The first-order valence-electron chi connectivity index (χ1n) is 5.98. The maximum absolute atomic E-state index is 11.7. The third-order valence-electron chi connectivity index (χ3n) is 2.39. The van der Waals surface area contributed by atoms with Gasteiger partial charge in [0.15, 0.2) is 0 Å². The third-order valence-corrected chi connectivity index (χ3v) is 2.39. The van der Waals surface area contributed by atoms with Gasteiger partial charge in [-0.25, -0.2) is 4.79 Å². The van der Waals surface area contributed by atoms with Crippen molar-refractivity contribution in [3.63, 3.8) is 0 Å². The molecule has 0 heterocycles. The van der Waals surface area contributed by atoms with E-state index in [1.54, 1.807) is 12.1 Å². The van der Waals surface area contributed by atoms with Crippen molar-refractivity contribution < 1.29 is 19.1 Å². The van der Waals surface area contributed by atoms with Gasteiger partial charge in [-0.1, -0.05) is 0 Å². The molecule has 1 rings (SSSR count). The highest BCUT2D eigenvalue weighted by Gasteiger charge is 2.10. The molecule has 0 aliphatic carbocycles. The van der Waals surface area contributed by atoms with E-state index in [-0.39, 0.29) is 18.9 Å². The van der Waals surface area contributed by atoms with Crippen LogP contribution in [0.4, 0.5) is 5.69 Å². The quantitative estimate of drug-likeness (QED) is 0.591. The van der Waals surface area contributed by atoms with Gasteiger partial charge < -0.3 is 20.5 Å². The van der Waals surface area contributed by atoms with Gasteiger partial charge >= 0.3 is 5.97 Å². The number of hydrogen-bond donors (Lipinski definition) is 2. The first-order valence-corrected chi connectivity index (χ1v) is 5.98. The van der Waals surface area contributed by atoms with Crippen LogP contribution < -0.4 is 15.8 Å². The number of nitrogen functional groups attached to an aromatic ring is 1. The Morgan fingerprint density at radius 2 is 2.11 bits per heavy atom. The monoisotopic (exact) mass is 266 g/mol. The Labute approximate surface area is 111 Å². The number of amides is 1. The van der Waals surface area contributed by atoms with Crippen LogP contribution >= 0.6 is 0 Å². The van der Waals surface area contributed by atoms with E-state index in [0.717, 1.165) is 0 Å². The van der Waals surface area contributed by atoms with Crippen LogP contribution in [0.1, 0.15) is 23.7 Å². The van der Waals surface area contributed by atoms with Gasteiger partial charge in [0.25, 0.3) is 0 Å². The number of hydrogen-bond acceptors (Lipinski definition) is 5. The number of nitrogens with one attached hydrogen (secondary N) is 1. The number of carbonyl (C=O) groups excluding carboxylic acids is 2. The molecule has 0 unspecified atom stereocenters. The fourth-order valence-corrected chi connectivity index (χ4v) is 1.41. The summed E-state index contributed by atoms with van der Waals surface area (Å²) in [5, 5.41) is 2.44. The molecule has 104 valence electrons. The second-order valence-electron chi connectivity index (χ2n) is 3.74. The van der Waals surface area contributed by atoms with Crippen molar-refractivity contribution in [2.75, 3.05) is 26.0 Å². The van der Waals surface area contributed by atoms with Crippen molar-refractivity contribution in [1.29, 1.82) is 0 Å². The Morgan fingerprint density at radius 3 is 2.68 bits per heavy atom. The zero-order chi connectivity index (χ0) is 14.3. The fourth-order valence-electron chi connectivity index (χ4n) is 1.41. The minimum atomic E-state index is -0.515. The molecule has 6 nitrogen and oxygen atoms in total. The van der Waals surface area contributed by atoms with Crippen molar-refractivity contribution in [2.45, 2.75) is 13.3 Å². The normalized spacial score (nSPS) is 9.79. The number of esters is 1. The van der Waals surface area contributed by atoms with Crippen LogP contribution in [0, 0.1) is 0 Å². The molecule has 3 N–H and O–H groups in total. The minimum Gasteiger partial charge on any atom is -0.492 e. The predicted octanol–water partition coefficient (Wildman–Crippen LogP) is 0.960. The third kappa shape index (κ3) is 4.50. The first-order chi connectivity index (χ1) is 9.08. The average Bonchev–Trinajstić information content (AvgIpc) is 2.40. The van der Waals surface area contributed by atoms with Gasteiger partial charge in [0, 0.05) is 7.05 Å². The number of nitrogens with two attached hydrogens (primary N) is 1. The van der Waals surface area contributed by atoms with Crippen molar-refractivity contribution >= 4 is 17.6 Å². The molecule has 0 spiro atoms. The average molecular weight is 266 g/mol. The molecule has 0 saturated heterocycles. The lowest BCUT2D eigenvalue weighted by atomic mass is 10.2. The van der Waals surface area contributed by atoms with E-state index in [1.165, 1.54) is 13.1 Å². The van der Waals surface area contributed by atoms with E-state index >= 15 is 0 Å². The van der Waals surface area contributed by atoms with Crippen LogP contribution in [0.25, 0.3) is 0 Å². The van der Waals surface area contributed by atoms with Gasteiger partial charge in [0.1, 0.15) is 12.4 Å². The molecule has 0 bridgehead atoms. The highest BCUT2D eigenvalue weighted by Crippen LogP contribution is 2.22. The molecule has 19 heavy (non-hydrogen) atoms. The predicted molar refractivity (Wildman–Crippen MR) is 71.0 cm³/mol. The molecule has 0 aliphatic rings. The Balaban J connectivity index is 2.57. The van der Waals surface area contributed by atoms with Gasteiger partial charge in [-0.3, -0.25) is 4.79 Å². The standard InChI is InChI=1S/C13H18N2O4/c1-3-18-11-5-4-9(8-10(11)14)13(17)19-7-6-12(16)15-2/h4-5,8H,3,6-7,14H2,1-2H3,(H,15,16). The summed E-state index contributed by atoms with van der Waals surface area (Å²) >= 11 is 0. The molecule has 0 aromatic heterocycles. The molecule has 0 saturated carbocycles. The summed E-state index contributed by atoms with van der Waals surface area (Å²) in [6.07, 6.45) is 0.134. The van der Waals surface area contributed by atoms with Crippen LogP contribution in [0.15, 0.2) is 18.2 Å². The summed E-state index contributed by atoms with van der Waals surface area (Å²) in [6, 6.07) is 4.69. The van der Waals surface area contributed by atoms with E-state index in [2.05, 4.69) is 5.32 Å². The zero-order valence-electron chi connectivity index (χ0n) is 11.1. The molecule has 0 atom stereocenters. The maximum Gasteiger partial charge on any atom is 0.338 e.